The second-order valence-corrected chi connectivity index (χ2v) is 13.0. The molecule has 4 aromatic rings. The number of carbonyl (C=O) groups excluding carboxylic acids is 3. The second kappa shape index (κ2) is 11.0. The number of esters is 2. The van der Waals surface area contributed by atoms with Crippen molar-refractivity contribution < 1.29 is 29.0 Å². The van der Waals surface area contributed by atoms with E-state index in [1.807, 2.05) is 0 Å². The van der Waals surface area contributed by atoms with Gasteiger partial charge in [-0.1, -0.05) is 17.3 Å². The molecule has 0 aliphatic rings. The van der Waals surface area contributed by atoms with E-state index in [0.717, 1.165) is 21.4 Å². The van der Waals surface area contributed by atoms with E-state index in [-0.39, 0.29) is 18.7 Å². The highest BCUT2D eigenvalue weighted by Gasteiger charge is 2.52. The van der Waals surface area contributed by atoms with Crippen molar-refractivity contribution >= 4 is 50.0 Å². The zero-order valence-corrected chi connectivity index (χ0v) is 24.7. The molecule has 0 amide bonds. The Balaban J connectivity index is 1.79. The number of phenols is 1. The van der Waals surface area contributed by atoms with Gasteiger partial charge in [0.1, 0.15) is 22.5 Å². The highest BCUT2D eigenvalue weighted by molar-refractivity contribution is 7.20. The Morgan fingerprint density at radius 2 is 1.56 bits per heavy atom. The van der Waals surface area contributed by atoms with Gasteiger partial charge in [0.05, 0.1) is 10.3 Å². The molecule has 216 valence electrons. The molecule has 2 aromatic carbocycles. The standard InChI is InChI=1S/C30H33N3O7S/c1-28(2,3)39-26(37)30(27(38)40-29(4,5)6,13-14-33-25(36)20-9-7-8-10-21(20)31-32-33)17-22(35)24-15-18-11-12-19(34)16-23(18)41-24/h7-12,15-16,34H,13-14,17H2,1-6H3. The number of nitrogens with zero attached hydrogens (tertiary/aromatic N) is 3. The Morgan fingerprint density at radius 1 is 0.927 bits per heavy atom. The van der Waals surface area contributed by atoms with Crippen molar-refractivity contribution in [2.24, 2.45) is 5.41 Å². The van der Waals surface area contributed by atoms with Gasteiger partial charge in [-0.3, -0.25) is 19.2 Å². The van der Waals surface area contributed by atoms with Crippen LogP contribution in [-0.2, 0) is 25.6 Å². The zero-order chi connectivity index (χ0) is 30.2. The number of rotatable bonds is 8. The number of aryl methyl sites for hydroxylation is 1. The van der Waals surface area contributed by atoms with E-state index < -0.39 is 46.3 Å². The normalized spacial score (nSPS) is 12.4. The first-order chi connectivity index (χ1) is 19.1. The minimum Gasteiger partial charge on any atom is -0.508 e. The molecule has 0 aliphatic carbocycles. The summed E-state index contributed by atoms with van der Waals surface area (Å²) in [6, 6.07) is 13.1. The van der Waals surface area contributed by atoms with E-state index in [0.29, 0.717) is 20.5 Å². The third-order valence-electron chi connectivity index (χ3n) is 6.20. The fourth-order valence-electron chi connectivity index (χ4n) is 4.26. The summed E-state index contributed by atoms with van der Waals surface area (Å²) < 4.78 is 13.1. The number of aromatic nitrogens is 3. The van der Waals surface area contributed by atoms with Crippen molar-refractivity contribution in [2.75, 3.05) is 0 Å². The number of Topliss-reactive ketones (excluding diaryl/α,β-unsaturated/α-hetero) is 1. The summed E-state index contributed by atoms with van der Waals surface area (Å²) in [5.74, 6) is -2.31. The Labute approximate surface area is 240 Å². The number of carbonyl (C=O) groups is 3. The van der Waals surface area contributed by atoms with E-state index in [4.69, 9.17) is 9.47 Å². The molecule has 2 aromatic heterocycles. The summed E-state index contributed by atoms with van der Waals surface area (Å²) in [5, 5.41) is 19.0. The van der Waals surface area contributed by atoms with Gasteiger partial charge >= 0.3 is 11.9 Å². The predicted octanol–water partition coefficient (Wildman–Crippen LogP) is 5.04. The predicted molar refractivity (Wildman–Crippen MR) is 155 cm³/mol. The molecule has 11 heteroatoms. The summed E-state index contributed by atoms with van der Waals surface area (Å²) >= 11 is 1.14. The Kier molecular flexibility index (Phi) is 8.04. The summed E-state index contributed by atoms with van der Waals surface area (Å²) in [5.41, 5.74) is -4.11. The van der Waals surface area contributed by atoms with Crippen LogP contribution in [0.5, 0.6) is 5.75 Å². The van der Waals surface area contributed by atoms with Crippen LogP contribution in [0.1, 0.15) is 64.1 Å². The lowest BCUT2D eigenvalue weighted by atomic mass is 9.78. The zero-order valence-electron chi connectivity index (χ0n) is 23.9. The van der Waals surface area contributed by atoms with Crippen molar-refractivity contribution in [3.63, 3.8) is 0 Å². The first kappa shape index (κ1) is 29.9. The van der Waals surface area contributed by atoms with Crippen molar-refractivity contribution in [3.8, 4) is 5.75 Å². The molecule has 0 radical (unpaired) electrons. The molecule has 0 aliphatic heterocycles. The van der Waals surface area contributed by atoms with Gasteiger partial charge in [-0.05, 0) is 89.7 Å². The number of benzene rings is 2. The summed E-state index contributed by atoms with van der Waals surface area (Å²) in [6.45, 7) is 9.74. The number of hydrogen-bond acceptors (Lipinski definition) is 10. The van der Waals surface area contributed by atoms with Gasteiger partial charge in [0.15, 0.2) is 11.2 Å². The number of ketones is 1. The average Bonchev–Trinajstić information content (AvgIpc) is 3.29. The van der Waals surface area contributed by atoms with Crippen LogP contribution >= 0.6 is 11.3 Å². The number of fused-ring (bicyclic) bond motifs is 2. The third-order valence-corrected chi connectivity index (χ3v) is 7.34. The van der Waals surface area contributed by atoms with Gasteiger partial charge in [-0.15, -0.1) is 16.4 Å². The van der Waals surface area contributed by atoms with Crippen LogP contribution in [0.2, 0.25) is 0 Å². The molecule has 0 spiro atoms. The smallest absolute Gasteiger partial charge is 0.324 e. The molecular formula is C30H33N3O7S. The third kappa shape index (κ3) is 6.79. The van der Waals surface area contributed by atoms with Crippen LogP contribution in [0.4, 0.5) is 0 Å². The largest absolute Gasteiger partial charge is 0.508 e. The van der Waals surface area contributed by atoms with Gasteiger partial charge in [0.2, 0.25) is 0 Å². The Morgan fingerprint density at radius 3 is 2.20 bits per heavy atom. The molecule has 0 saturated carbocycles. The van der Waals surface area contributed by atoms with Crippen LogP contribution in [-0.4, -0.2) is 49.0 Å². The molecule has 41 heavy (non-hydrogen) atoms. The highest BCUT2D eigenvalue weighted by Crippen LogP contribution is 2.38. The number of aromatic hydroxyl groups is 1. The van der Waals surface area contributed by atoms with E-state index >= 15 is 0 Å². The van der Waals surface area contributed by atoms with Crippen molar-refractivity contribution in [2.45, 2.75) is 72.1 Å². The molecule has 4 rings (SSSR count). The van der Waals surface area contributed by atoms with Gasteiger partial charge in [0.25, 0.3) is 5.56 Å². The monoisotopic (exact) mass is 579 g/mol. The molecule has 0 fully saturated rings. The Bertz CT molecular complexity index is 1660. The maximum atomic E-state index is 13.9. The number of ether oxygens (including phenoxy) is 2. The molecule has 0 unspecified atom stereocenters. The summed E-state index contributed by atoms with van der Waals surface area (Å²) in [6.07, 6.45) is -0.868. The van der Waals surface area contributed by atoms with Crippen LogP contribution < -0.4 is 5.56 Å². The van der Waals surface area contributed by atoms with Crippen LogP contribution in [0.15, 0.2) is 53.3 Å². The van der Waals surface area contributed by atoms with E-state index in [9.17, 15) is 24.3 Å². The molecule has 10 nitrogen and oxygen atoms in total. The van der Waals surface area contributed by atoms with Crippen molar-refractivity contribution in [3.05, 3.63) is 63.8 Å². The molecule has 0 atom stereocenters. The van der Waals surface area contributed by atoms with Gasteiger partial charge < -0.3 is 14.6 Å². The molecule has 0 bridgehead atoms. The number of thiophene rings is 1. The summed E-state index contributed by atoms with van der Waals surface area (Å²) in [7, 11) is 0. The van der Waals surface area contributed by atoms with E-state index in [1.54, 1.807) is 77.9 Å². The maximum Gasteiger partial charge on any atom is 0.324 e. The van der Waals surface area contributed by atoms with Gasteiger partial charge in [0, 0.05) is 17.7 Å². The van der Waals surface area contributed by atoms with Gasteiger partial charge in [-0.25, -0.2) is 4.68 Å². The summed E-state index contributed by atoms with van der Waals surface area (Å²) in [4.78, 5) is 55.0. The molecule has 2 heterocycles. The lowest BCUT2D eigenvalue weighted by Crippen LogP contribution is -2.49. The maximum absolute atomic E-state index is 13.9. The number of hydrogen-bond donors (Lipinski definition) is 1. The number of phenolic OH excluding ortho intramolecular Hbond substituents is 1. The second-order valence-electron chi connectivity index (χ2n) is 11.9. The van der Waals surface area contributed by atoms with Crippen LogP contribution in [0.3, 0.4) is 0 Å². The minimum absolute atomic E-state index is 0.0529. The molecular weight excluding hydrogens is 546 g/mol. The molecule has 0 saturated heterocycles. The minimum atomic E-state index is -2.09. The molecule has 1 N–H and O–H groups in total. The topological polar surface area (TPSA) is 138 Å². The lowest BCUT2D eigenvalue weighted by molar-refractivity contribution is -0.186. The van der Waals surface area contributed by atoms with Crippen molar-refractivity contribution in [1.29, 1.82) is 0 Å². The van der Waals surface area contributed by atoms with E-state index in [1.165, 1.54) is 12.1 Å². The van der Waals surface area contributed by atoms with Crippen LogP contribution in [0, 0.1) is 5.41 Å². The first-order valence-corrected chi connectivity index (χ1v) is 13.9. The lowest BCUT2D eigenvalue weighted by Gasteiger charge is -2.34. The van der Waals surface area contributed by atoms with Gasteiger partial charge in [-0.2, -0.15) is 0 Å². The van der Waals surface area contributed by atoms with E-state index in [2.05, 4.69) is 10.3 Å². The highest BCUT2D eigenvalue weighted by atomic mass is 32.1. The SMILES string of the molecule is CC(C)(C)OC(=O)C(CCn1nnc2ccccc2c1=O)(CC(=O)c1cc2ccc(O)cc2s1)C(=O)OC(C)(C)C. The van der Waals surface area contributed by atoms with Crippen LogP contribution in [0.25, 0.3) is 21.0 Å². The first-order valence-electron chi connectivity index (χ1n) is 13.1. The Hall–Kier alpha value is -4.12. The van der Waals surface area contributed by atoms with Crippen molar-refractivity contribution in [1.82, 2.24) is 15.0 Å². The fraction of sp³-hybridized carbons (Fsp3) is 0.400. The average molecular weight is 580 g/mol. The quantitative estimate of drug-likeness (QED) is 0.173. The fourth-order valence-corrected chi connectivity index (χ4v) is 5.29.